The monoisotopic (exact) mass is 507 g/mol. The van der Waals surface area contributed by atoms with Crippen LogP contribution in [0, 0.1) is 5.41 Å². The van der Waals surface area contributed by atoms with Crippen molar-refractivity contribution in [3.8, 4) is 0 Å². The number of rotatable bonds is 4. The average Bonchev–Trinajstić information content (AvgIpc) is 3.43. The maximum absolute atomic E-state index is 13.7. The summed E-state index contributed by atoms with van der Waals surface area (Å²) in [6, 6.07) is 1.86. The molecule has 1 saturated carbocycles. The smallest absolute Gasteiger partial charge is 0.355 e. The van der Waals surface area contributed by atoms with Crippen LogP contribution in [0.1, 0.15) is 37.7 Å². The molecule has 3 aromatic rings. The molecule has 0 aromatic carbocycles. The molecule has 3 aliphatic rings. The van der Waals surface area contributed by atoms with Gasteiger partial charge in [0.1, 0.15) is 23.7 Å². The zero-order valence-corrected chi connectivity index (χ0v) is 19.0. The third-order valence-electron chi connectivity index (χ3n) is 7.62. The molecule has 6 rings (SSSR count). The van der Waals surface area contributed by atoms with E-state index in [0.29, 0.717) is 43.7 Å². The predicted octanol–water partition coefficient (Wildman–Crippen LogP) is 4.06. The van der Waals surface area contributed by atoms with Crippen LogP contribution in [-0.4, -0.2) is 55.7 Å². The Labute approximate surface area is 202 Å². The van der Waals surface area contributed by atoms with Crippen LogP contribution in [0.25, 0.3) is 11.2 Å². The Hall–Kier alpha value is -3.38. The lowest BCUT2D eigenvalue weighted by Crippen LogP contribution is -2.45. The lowest BCUT2D eigenvalue weighted by Gasteiger charge is -2.38. The molecule has 8 nitrogen and oxygen atoms in total. The molecule has 0 bridgehead atoms. The number of carbonyl (C=O) groups excluding carboxylic acids is 1. The van der Waals surface area contributed by atoms with Gasteiger partial charge in [-0.15, -0.1) is 0 Å². The van der Waals surface area contributed by atoms with Crippen LogP contribution in [0.3, 0.4) is 0 Å². The molecule has 0 atom stereocenters. The van der Waals surface area contributed by atoms with Gasteiger partial charge in [0, 0.05) is 19.3 Å². The summed E-state index contributed by atoms with van der Waals surface area (Å²) in [5, 5.41) is 3.94. The molecule has 2 saturated heterocycles. The van der Waals surface area contributed by atoms with Crippen molar-refractivity contribution in [1.82, 2.24) is 24.7 Å². The molecular formula is C23H22F5N7O. The largest absolute Gasteiger partial charge is 0.416 e. The van der Waals surface area contributed by atoms with Crippen molar-refractivity contribution >= 4 is 28.7 Å². The number of alkyl halides is 5. The average molecular weight is 507 g/mol. The Balaban J connectivity index is 1.23. The highest BCUT2D eigenvalue weighted by Gasteiger charge is 2.65. The molecule has 0 unspecified atom stereocenters. The highest BCUT2D eigenvalue weighted by molar-refractivity contribution is 6.02. The number of hydrogen-bond acceptors (Lipinski definition) is 6. The normalized spacial score (nSPS) is 20.9. The minimum Gasteiger partial charge on any atom is -0.355 e. The first-order valence-corrected chi connectivity index (χ1v) is 11.7. The Morgan fingerprint density at radius 2 is 1.78 bits per heavy atom. The summed E-state index contributed by atoms with van der Waals surface area (Å²) in [5.74, 6) is 0.384. The van der Waals surface area contributed by atoms with E-state index in [2.05, 4.69) is 20.1 Å². The van der Waals surface area contributed by atoms with Gasteiger partial charge in [-0.25, -0.2) is 28.4 Å². The molecule has 13 heteroatoms. The molecule has 190 valence electrons. The van der Waals surface area contributed by atoms with Gasteiger partial charge in [-0.1, -0.05) is 0 Å². The predicted molar refractivity (Wildman–Crippen MR) is 119 cm³/mol. The van der Waals surface area contributed by atoms with Gasteiger partial charge in [-0.05, 0) is 44.2 Å². The van der Waals surface area contributed by atoms with Gasteiger partial charge in [0.15, 0.2) is 5.65 Å². The van der Waals surface area contributed by atoms with E-state index in [9.17, 15) is 26.7 Å². The SMILES string of the molecule is O=C1N(c2cc(C(F)(F)F)ccn2)C2(CC2)CC12CCN(c1cnc3cnn(CC(F)F)c3n1)CC2. The van der Waals surface area contributed by atoms with E-state index < -0.39 is 35.7 Å². The summed E-state index contributed by atoms with van der Waals surface area (Å²) in [5.41, 5.74) is -1.30. The maximum Gasteiger partial charge on any atom is 0.416 e. The van der Waals surface area contributed by atoms with E-state index in [-0.39, 0.29) is 17.4 Å². The van der Waals surface area contributed by atoms with Crippen molar-refractivity contribution in [2.24, 2.45) is 5.41 Å². The highest BCUT2D eigenvalue weighted by Crippen LogP contribution is 2.60. The van der Waals surface area contributed by atoms with Gasteiger partial charge in [0.05, 0.1) is 28.9 Å². The molecule has 0 radical (unpaired) electrons. The molecule has 3 fully saturated rings. The van der Waals surface area contributed by atoms with Crippen molar-refractivity contribution in [2.45, 2.75) is 56.8 Å². The van der Waals surface area contributed by atoms with E-state index in [1.807, 2.05) is 4.90 Å². The summed E-state index contributed by atoms with van der Waals surface area (Å²) in [7, 11) is 0. The molecule has 2 aliphatic heterocycles. The number of hydrogen-bond donors (Lipinski definition) is 0. The molecule has 3 aromatic heterocycles. The Kier molecular flexibility index (Phi) is 5.00. The number of amides is 1. The first kappa shape index (κ1) is 23.0. The fraction of sp³-hybridized carbons (Fsp3) is 0.522. The molecule has 1 aliphatic carbocycles. The quantitative estimate of drug-likeness (QED) is 0.496. The summed E-state index contributed by atoms with van der Waals surface area (Å²) >= 11 is 0. The number of nitrogens with zero attached hydrogens (tertiary/aromatic N) is 7. The van der Waals surface area contributed by atoms with Gasteiger partial charge in [0.2, 0.25) is 5.91 Å². The fourth-order valence-corrected chi connectivity index (χ4v) is 5.66. The van der Waals surface area contributed by atoms with Crippen molar-refractivity contribution in [1.29, 1.82) is 0 Å². The van der Waals surface area contributed by atoms with Gasteiger partial charge in [-0.3, -0.25) is 9.69 Å². The van der Waals surface area contributed by atoms with Crippen LogP contribution in [0.5, 0.6) is 0 Å². The van der Waals surface area contributed by atoms with Gasteiger partial charge >= 0.3 is 6.18 Å². The van der Waals surface area contributed by atoms with Gasteiger partial charge in [0.25, 0.3) is 6.43 Å². The summed E-state index contributed by atoms with van der Waals surface area (Å²) in [4.78, 5) is 30.1. The van der Waals surface area contributed by atoms with E-state index in [0.717, 1.165) is 35.9 Å². The van der Waals surface area contributed by atoms with Crippen LogP contribution < -0.4 is 9.80 Å². The molecular weight excluding hydrogens is 485 g/mol. The lowest BCUT2D eigenvalue weighted by atomic mass is 9.75. The third kappa shape index (κ3) is 3.66. The number of fused-ring (bicyclic) bond motifs is 1. The third-order valence-corrected chi connectivity index (χ3v) is 7.62. The minimum absolute atomic E-state index is 0.0511. The van der Waals surface area contributed by atoms with E-state index in [4.69, 9.17) is 0 Å². The van der Waals surface area contributed by atoms with Crippen LogP contribution in [0.15, 0.2) is 30.7 Å². The maximum atomic E-state index is 13.7. The number of halogens is 5. The second-order valence-corrected chi connectivity index (χ2v) is 9.86. The van der Waals surface area contributed by atoms with Gasteiger partial charge < -0.3 is 4.90 Å². The zero-order chi connectivity index (χ0) is 25.3. The topological polar surface area (TPSA) is 80.0 Å². The van der Waals surface area contributed by atoms with Crippen molar-refractivity contribution < 1.29 is 26.7 Å². The first-order chi connectivity index (χ1) is 17.1. The van der Waals surface area contributed by atoms with Crippen molar-refractivity contribution in [3.05, 3.63) is 36.3 Å². The summed E-state index contributed by atoms with van der Waals surface area (Å²) in [6.07, 6.45) is 0.00129. The minimum atomic E-state index is -4.52. The molecule has 1 amide bonds. The van der Waals surface area contributed by atoms with E-state index >= 15 is 0 Å². The van der Waals surface area contributed by atoms with E-state index in [1.54, 1.807) is 6.20 Å². The molecule has 5 heterocycles. The van der Waals surface area contributed by atoms with Crippen LogP contribution in [-0.2, 0) is 17.5 Å². The summed E-state index contributed by atoms with van der Waals surface area (Å²) in [6.45, 7) is 0.379. The van der Waals surface area contributed by atoms with Gasteiger partial charge in [-0.2, -0.15) is 18.3 Å². The number of aromatic nitrogens is 5. The molecule has 2 spiro atoms. The number of anilines is 2. The Bertz CT molecular complexity index is 1330. The second kappa shape index (κ2) is 7.81. The fourth-order valence-electron chi connectivity index (χ4n) is 5.66. The number of pyridine rings is 1. The lowest BCUT2D eigenvalue weighted by molar-refractivity contribution is -0.137. The first-order valence-electron chi connectivity index (χ1n) is 11.7. The Morgan fingerprint density at radius 1 is 1.03 bits per heavy atom. The van der Waals surface area contributed by atoms with Crippen molar-refractivity contribution in [2.75, 3.05) is 22.9 Å². The van der Waals surface area contributed by atoms with Crippen molar-refractivity contribution in [3.63, 3.8) is 0 Å². The Morgan fingerprint density at radius 3 is 2.44 bits per heavy atom. The highest BCUT2D eigenvalue weighted by atomic mass is 19.4. The van der Waals surface area contributed by atoms with E-state index in [1.165, 1.54) is 11.1 Å². The molecule has 0 N–H and O–H groups in total. The van der Waals surface area contributed by atoms with Crippen LogP contribution >= 0.6 is 0 Å². The molecule has 36 heavy (non-hydrogen) atoms. The zero-order valence-electron chi connectivity index (χ0n) is 19.0. The summed E-state index contributed by atoms with van der Waals surface area (Å²) < 4.78 is 66.7. The number of piperidine rings is 1. The van der Waals surface area contributed by atoms with Crippen LogP contribution in [0.2, 0.25) is 0 Å². The second-order valence-electron chi connectivity index (χ2n) is 9.86. The van der Waals surface area contributed by atoms with Crippen LogP contribution in [0.4, 0.5) is 33.6 Å². The number of carbonyl (C=O) groups is 1. The standard InChI is InChI=1S/C23H22F5N7O/c24-16(25)12-34-19-15(10-31-34)30-11-18(32-19)33-7-4-21(5-8-33)13-22(2-3-22)35(20(21)36)17-9-14(1-6-29-17)23(26,27)28/h1,6,9-11,16H,2-5,7-8,12-13H2.